The molecular weight excluding hydrogens is 510 g/mol. The number of amides is 3. The quantitative estimate of drug-likeness (QED) is 0.330. The molecule has 11 heteroatoms. The molecule has 204 valence electrons. The van der Waals surface area contributed by atoms with Crippen molar-refractivity contribution in [2.75, 3.05) is 18.5 Å². The Labute approximate surface area is 226 Å². The number of aliphatic hydroxyl groups excluding tert-OH is 1. The number of nitrogens with zero attached hydrogens (tertiary/aromatic N) is 3. The van der Waals surface area contributed by atoms with Crippen molar-refractivity contribution in [1.29, 1.82) is 0 Å². The molecule has 0 saturated heterocycles. The SMILES string of the molecule is CC(c1nc2cccc(Cl)c2c(=O)n1-c1cccc(NC(=O)NCC(C)(C)CO)c1)N(C(=O)O)C(C)(C)C. The molecule has 38 heavy (non-hydrogen) atoms. The minimum Gasteiger partial charge on any atom is -0.465 e. The highest BCUT2D eigenvalue weighted by atomic mass is 35.5. The molecule has 0 aliphatic carbocycles. The number of carboxylic acid groups (broad SMARTS) is 1. The minimum atomic E-state index is -1.16. The van der Waals surface area contributed by atoms with Gasteiger partial charge in [0.25, 0.3) is 5.56 Å². The van der Waals surface area contributed by atoms with Crippen LogP contribution >= 0.6 is 11.6 Å². The number of aliphatic hydroxyl groups is 1. The van der Waals surface area contributed by atoms with Crippen molar-refractivity contribution < 1.29 is 19.8 Å². The smallest absolute Gasteiger partial charge is 0.408 e. The lowest BCUT2D eigenvalue weighted by molar-refractivity contribution is 0.0719. The third-order valence-electron chi connectivity index (χ3n) is 6.08. The average Bonchev–Trinajstić information content (AvgIpc) is 2.81. The second-order valence-corrected chi connectivity index (χ2v) is 11.3. The van der Waals surface area contributed by atoms with Crippen LogP contribution in [0.5, 0.6) is 0 Å². The number of carbonyl (C=O) groups is 2. The lowest BCUT2D eigenvalue weighted by atomic mass is 9.95. The van der Waals surface area contributed by atoms with Crippen molar-refractivity contribution >= 4 is 40.3 Å². The highest BCUT2D eigenvalue weighted by Gasteiger charge is 2.34. The summed E-state index contributed by atoms with van der Waals surface area (Å²) in [5.74, 6) is 0.202. The van der Waals surface area contributed by atoms with E-state index in [0.717, 1.165) is 0 Å². The van der Waals surface area contributed by atoms with E-state index < -0.39 is 34.7 Å². The molecule has 0 aliphatic rings. The summed E-state index contributed by atoms with van der Waals surface area (Å²) < 4.78 is 1.33. The van der Waals surface area contributed by atoms with Crippen molar-refractivity contribution in [1.82, 2.24) is 19.8 Å². The van der Waals surface area contributed by atoms with Crippen molar-refractivity contribution in [3.8, 4) is 5.69 Å². The number of carbonyl (C=O) groups excluding carboxylic acids is 1. The number of halogens is 1. The molecule has 3 rings (SSSR count). The Morgan fingerprint density at radius 3 is 2.39 bits per heavy atom. The topological polar surface area (TPSA) is 137 Å². The van der Waals surface area contributed by atoms with Gasteiger partial charge in [-0.3, -0.25) is 14.3 Å². The molecule has 2 aromatic carbocycles. The first kappa shape index (κ1) is 28.9. The number of rotatable bonds is 7. The van der Waals surface area contributed by atoms with Gasteiger partial charge in [0.05, 0.1) is 27.7 Å². The molecule has 4 N–H and O–H groups in total. The molecule has 1 unspecified atom stereocenters. The van der Waals surface area contributed by atoms with E-state index in [2.05, 4.69) is 10.6 Å². The van der Waals surface area contributed by atoms with Gasteiger partial charge in [0.2, 0.25) is 0 Å². The summed E-state index contributed by atoms with van der Waals surface area (Å²) in [5.41, 5.74) is -0.623. The maximum Gasteiger partial charge on any atom is 0.408 e. The first-order valence-corrected chi connectivity index (χ1v) is 12.5. The summed E-state index contributed by atoms with van der Waals surface area (Å²) in [4.78, 5) is 44.5. The van der Waals surface area contributed by atoms with E-state index in [4.69, 9.17) is 16.6 Å². The third-order valence-corrected chi connectivity index (χ3v) is 6.40. The van der Waals surface area contributed by atoms with Gasteiger partial charge in [-0.25, -0.2) is 14.6 Å². The lowest BCUT2D eigenvalue weighted by Crippen LogP contribution is -2.47. The Morgan fingerprint density at radius 2 is 1.79 bits per heavy atom. The number of hydrogen-bond donors (Lipinski definition) is 4. The summed E-state index contributed by atoms with van der Waals surface area (Å²) >= 11 is 6.38. The molecular formula is C27H34ClN5O5. The second kappa shape index (κ2) is 11.0. The molecule has 0 aliphatic heterocycles. The number of aromatic nitrogens is 2. The maximum absolute atomic E-state index is 13.8. The Morgan fingerprint density at radius 1 is 1.13 bits per heavy atom. The molecule has 0 bridgehead atoms. The molecule has 0 spiro atoms. The Bertz CT molecular complexity index is 1410. The molecule has 0 saturated carbocycles. The van der Waals surface area contributed by atoms with Gasteiger partial charge in [-0.2, -0.15) is 0 Å². The van der Waals surface area contributed by atoms with Gasteiger partial charge >= 0.3 is 12.1 Å². The van der Waals surface area contributed by atoms with Gasteiger partial charge in [0.15, 0.2) is 0 Å². The summed E-state index contributed by atoms with van der Waals surface area (Å²) in [5, 5.41) is 25.3. The molecule has 1 aromatic heterocycles. The van der Waals surface area contributed by atoms with E-state index in [1.807, 2.05) is 13.8 Å². The maximum atomic E-state index is 13.8. The zero-order chi connectivity index (χ0) is 28.4. The molecule has 1 heterocycles. The van der Waals surface area contributed by atoms with Gasteiger partial charge in [-0.05, 0) is 58.0 Å². The highest BCUT2D eigenvalue weighted by molar-refractivity contribution is 6.35. The number of fused-ring (bicyclic) bond motifs is 1. The number of anilines is 1. The summed E-state index contributed by atoms with van der Waals surface area (Å²) in [6, 6.07) is 10.2. The van der Waals surface area contributed by atoms with E-state index in [9.17, 15) is 24.6 Å². The monoisotopic (exact) mass is 543 g/mol. The zero-order valence-electron chi connectivity index (χ0n) is 22.4. The first-order chi connectivity index (χ1) is 17.7. The van der Waals surface area contributed by atoms with Crippen LogP contribution < -0.4 is 16.2 Å². The summed E-state index contributed by atoms with van der Waals surface area (Å²) in [6.45, 7) is 10.8. The van der Waals surface area contributed by atoms with Crippen molar-refractivity contribution in [2.24, 2.45) is 5.41 Å². The average molecular weight is 544 g/mol. The highest BCUT2D eigenvalue weighted by Crippen LogP contribution is 2.30. The molecule has 10 nitrogen and oxygen atoms in total. The number of nitrogens with one attached hydrogen (secondary N) is 2. The molecule has 3 aromatic rings. The molecule has 0 radical (unpaired) electrons. The summed E-state index contributed by atoms with van der Waals surface area (Å²) in [7, 11) is 0. The molecule has 0 fully saturated rings. The van der Waals surface area contributed by atoms with Crippen LogP contribution in [0.3, 0.4) is 0 Å². The minimum absolute atomic E-state index is 0.0912. The fourth-order valence-electron chi connectivity index (χ4n) is 4.16. The lowest BCUT2D eigenvalue weighted by Gasteiger charge is -2.38. The third kappa shape index (κ3) is 6.25. The normalized spacial score (nSPS) is 12.7. The van der Waals surface area contributed by atoms with Gasteiger partial charge in [0.1, 0.15) is 5.82 Å². The molecule has 3 amide bonds. The summed E-state index contributed by atoms with van der Waals surface area (Å²) in [6.07, 6.45) is -1.16. The Hall–Kier alpha value is -3.63. The van der Waals surface area contributed by atoms with Gasteiger partial charge < -0.3 is 20.8 Å². The number of hydrogen-bond acceptors (Lipinski definition) is 5. The van der Waals surface area contributed by atoms with Crippen molar-refractivity contribution in [3.05, 3.63) is 63.7 Å². The molecule has 1 atom stereocenters. The first-order valence-electron chi connectivity index (χ1n) is 12.2. The Kier molecular flexibility index (Phi) is 8.38. The van der Waals surface area contributed by atoms with E-state index >= 15 is 0 Å². The number of urea groups is 1. The number of benzene rings is 2. The second-order valence-electron chi connectivity index (χ2n) is 10.9. The van der Waals surface area contributed by atoms with E-state index in [1.54, 1.807) is 70.2 Å². The largest absolute Gasteiger partial charge is 0.465 e. The van der Waals surface area contributed by atoms with Gasteiger partial charge in [0, 0.05) is 29.8 Å². The van der Waals surface area contributed by atoms with E-state index in [-0.39, 0.29) is 29.4 Å². The van der Waals surface area contributed by atoms with Crippen LogP contribution in [0, 0.1) is 5.41 Å². The van der Waals surface area contributed by atoms with Crippen LogP contribution in [0.4, 0.5) is 15.3 Å². The Balaban J connectivity index is 2.15. The van der Waals surface area contributed by atoms with E-state index in [1.165, 1.54) is 9.47 Å². The van der Waals surface area contributed by atoms with Crippen LogP contribution in [-0.4, -0.2) is 55.5 Å². The standard InChI is InChI=1S/C27H34ClN5O5/c1-16(33(25(37)38)26(2,3)4)22-31-20-12-8-11-19(28)21(20)23(35)32(22)18-10-7-9-17(13-18)30-24(36)29-14-27(5,6)15-34/h7-13,16,34H,14-15H2,1-6H3,(H,37,38)(H2,29,30,36). The van der Waals surface area contributed by atoms with Gasteiger partial charge in [-0.15, -0.1) is 0 Å². The van der Waals surface area contributed by atoms with Crippen LogP contribution in [-0.2, 0) is 0 Å². The van der Waals surface area contributed by atoms with Crippen LogP contribution in [0.2, 0.25) is 5.02 Å². The van der Waals surface area contributed by atoms with Crippen molar-refractivity contribution in [3.63, 3.8) is 0 Å². The van der Waals surface area contributed by atoms with Gasteiger partial charge in [-0.1, -0.05) is 37.6 Å². The fourth-order valence-corrected chi connectivity index (χ4v) is 4.41. The fraction of sp³-hybridized carbons (Fsp3) is 0.407. The zero-order valence-corrected chi connectivity index (χ0v) is 23.1. The van der Waals surface area contributed by atoms with Crippen LogP contribution in [0.15, 0.2) is 47.3 Å². The van der Waals surface area contributed by atoms with Crippen LogP contribution in [0.1, 0.15) is 53.4 Å². The predicted molar refractivity (Wildman–Crippen MR) is 148 cm³/mol. The van der Waals surface area contributed by atoms with E-state index in [0.29, 0.717) is 16.9 Å². The van der Waals surface area contributed by atoms with Crippen molar-refractivity contribution in [2.45, 2.75) is 53.1 Å². The van der Waals surface area contributed by atoms with Crippen LogP contribution in [0.25, 0.3) is 16.6 Å². The predicted octanol–water partition coefficient (Wildman–Crippen LogP) is 5.02.